The highest BCUT2D eigenvalue weighted by molar-refractivity contribution is 6.30. The number of benzene rings is 1. The first-order valence-corrected chi connectivity index (χ1v) is 7.16. The first kappa shape index (κ1) is 17.0. The molecule has 1 N–H and O–H groups in total. The van der Waals surface area contributed by atoms with Gasteiger partial charge in [-0.15, -0.1) is 0 Å². The number of aromatic nitrogens is 1. The van der Waals surface area contributed by atoms with Gasteiger partial charge in [0.2, 0.25) is 0 Å². The van der Waals surface area contributed by atoms with E-state index >= 15 is 0 Å². The van der Waals surface area contributed by atoms with E-state index in [4.69, 9.17) is 16.3 Å². The Hall–Kier alpha value is -2.38. The van der Waals surface area contributed by atoms with Crippen molar-refractivity contribution in [1.82, 2.24) is 4.57 Å². The quantitative estimate of drug-likeness (QED) is 0.643. The van der Waals surface area contributed by atoms with Crippen molar-refractivity contribution in [2.45, 2.75) is 19.6 Å². The maximum atomic E-state index is 11.8. The number of ether oxygens (including phenoxy) is 1. The van der Waals surface area contributed by atoms with Gasteiger partial charge in [-0.3, -0.25) is 14.9 Å². The van der Waals surface area contributed by atoms with Crippen LogP contribution in [0.4, 0.5) is 5.69 Å². The summed E-state index contributed by atoms with van der Waals surface area (Å²) in [4.78, 5) is 22.2. The van der Waals surface area contributed by atoms with Crippen LogP contribution in [0, 0.1) is 17.0 Å². The molecule has 1 atom stereocenters. The summed E-state index contributed by atoms with van der Waals surface area (Å²) in [5, 5.41) is 21.4. The molecule has 8 heteroatoms. The van der Waals surface area contributed by atoms with Gasteiger partial charge in [-0.2, -0.15) is 0 Å². The summed E-state index contributed by atoms with van der Waals surface area (Å²) in [7, 11) is 0. The van der Waals surface area contributed by atoms with Crippen LogP contribution >= 0.6 is 11.6 Å². The zero-order chi connectivity index (χ0) is 17.0. The van der Waals surface area contributed by atoms with E-state index < -0.39 is 16.6 Å². The van der Waals surface area contributed by atoms with Gasteiger partial charge in [0.25, 0.3) is 11.2 Å². The van der Waals surface area contributed by atoms with Gasteiger partial charge in [0.05, 0.1) is 17.7 Å². The third-order valence-corrected chi connectivity index (χ3v) is 3.42. The number of hydrogen-bond acceptors (Lipinski definition) is 5. The van der Waals surface area contributed by atoms with Crippen LogP contribution in [0.15, 0.2) is 41.3 Å². The molecule has 0 fully saturated rings. The second kappa shape index (κ2) is 7.26. The Morgan fingerprint density at radius 2 is 2.04 bits per heavy atom. The topological polar surface area (TPSA) is 94.6 Å². The summed E-state index contributed by atoms with van der Waals surface area (Å²) in [6.07, 6.45) is 0.133. The Morgan fingerprint density at radius 1 is 1.39 bits per heavy atom. The van der Waals surface area contributed by atoms with Gasteiger partial charge in [-0.25, -0.2) is 0 Å². The van der Waals surface area contributed by atoms with Gasteiger partial charge in [0.15, 0.2) is 0 Å². The predicted molar refractivity (Wildman–Crippen MR) is 85.0 cm³/mol. The van der Waals surface area contributed by atoms with Gasteiger partial charge < -0.3 is 14.4 Å². The first-order chi connectivity index (χ1) is 10.9. The fraction of sp³-hybridized carbons (Fsp3) is 0.267. The van der Waals surface area contributed by atoms with Crippen LogP contribution in [0.3, 0.4) is 0 Å². The number of pyridine rings is 1. The first-order valence-electron chi connectivity index (χ1n) is 6.78. The predicted octanol–water partition coefficient (Wildman–Crippen LogP) is 2.16. The fourth-order valence-corrected chi connectivity index (χ4v) is 2.12. The van der Waals surface area contributed by atoms with Crippen molar-refractivity contribution in [2.24, 2.45) is 0 Å². The highest BCUT2D eigenvalue weighted by Crippen LogP contribution is 2.16. The van der Waals surface area contributed by atoms with E-state index in [9.17, 15) is 20.0 Å². The molecule has 122 valence electrons. The van der Waals surface area contributed by atoms with Gasteiger partial charge in [0, 0.05) is 16.7 Å². The smallest absolute Gasteiger partial charge is 0.288 e. The standard InChI is InChI=1S/C15H15ClN2O5/c1-10-6-15(20)17(8-14(10)18(21)22)7-12(19)9-23-13-4-2-11(16)3-5-13/h2-6,8,12,19H,7,9H2,1H3. The van der Waals surface area contributed by atoms with E-state index in [2.05, 4.69) is 0 Å². The molecule has 1 aromatic heterocycles. The lowest BCUT2D eigenvalue weighted by atomic mass is 10.2. The molecule has 0 aliphatic heterocycles. The van der Waals surface area contributed by atoms with Crippen LogP contribution in [0.2, 0.25) is 5.02 Å². The number of aliphatic hydroxyl groups excluding tert-OH is 1. The summed E-state index contributed by atoms with van der Waals surface area (Å²) in [6, 6.07) is 7.77. The molecule has 0 aliphatic rings. The van der Waals surface area contributed by atoms with E-state index in [0.29, 0.717) is 10.8 Å². The molecule has 23 heavy (non-hydrogen) atoms. The lowest BCUT2D eigenvalue weighted by Gasteiger charge is -2.14. The van der Waals surface area contributed by atoms with Crippen molar-refractivity contribution < 1.29 is 14.8 Å². The van der Waals surface area contributed by atoms with Crippen molar-refractivity contribution in [2.75, 3.05) is 6.61 Å². The molecule has 0 bridgehead atoms. The van der Waals surface area contributed by atoms with Crippen molar-refractivity contribution >= 4 is 17.3 Å². The maximum absolute atomic E-state index is 11.8. The van der Waals surface area contributed by atoms with Crippen molar-refractivity contribution in [3.05, 3.63) is 67.6 Å². The Balaban J connectivity index is 2.03. The molecular weight excluding hydrogens is 324 g/mol. The minimum Gasteiger partial charge on any atom is -0.491 e. The number of aliphatic hydroxyl groups is 1. The SMILES string of the molecule is Cc1cc(=O)n(CC(O)COc2ccc(Cl)cc2)cc1[N+](=O)[O-]. The van der Waals surface area contributed by atoms with E-state index in [-0.39, 0.29) is 24.4 Å². The molecule has 0 saturated carbocycles. The van der Waals surface area contributed by atoms with Crippen LogP contribution in [0.25, 0.3) is 0 Å². The van der Waals surface area contributed by atoms with E-state index in [1.807, 2.05) is 0 Å². The molecule has 2 aromatic rings. The van der Waals surface area contributed by atoms with E-state index in [1.165, 1.54) is 13.0 Å². The monoisotopic (exact) mass is 338 g/mol. The average molecular weight is 339 g/mol. The summed E-state index contributed by atoms with van der Waals surface area (Å²) in [5.41, 5.74) is -0.308. The molecule has 2 rings (SSSR count). The van der Waals surface area contributed by atoms with Gasteiger partial charge in [-0.05, 0) is 31.2 Å². The van der Waals surface area contributed by atoms with Gasteiger partial charge >= 0.3 is 0 Å². The van der Waals surface area contributed by atoms with E-state index in [1.54, 1.807) is 24.3 Å². The van der Waals surface area contributed by atoms with E-state index in [0.717, 1.165) is 10.8 Å². The largest absolute Gasteiger partial charge is 0.491 e. The molecule has 0 saturated heterocycles. The average Bonchev–Trinajstić information content (AvgIpc) is 2.49. The Kier molecular flexibility index (Phi) is 5.36. The van der Waals surface area contributed by atoms with Crippen LogP contribution in [-0.2, 0) is 6.54 Å². The molecule has 1 unspecified atom stereocenters. The van der Waals surface area contributed by atoms with Gasteiger partial charge in [-0.1, -0.05) is 11.6 Å². The van der Waals surface area contributed by atoms with Gasteiger partial charge in [0.1, 0.15) is 18.5 Å². The zero-order valence-corrected chi connectivity index (χ0v) is 13.1. The number of nitro groups is 1. The molecular formula is C15H15ClN2O5. The van der Waals surface area contributed by atoms with Crippen molar-refractivity contribution in [3.63, 3.8) is 0 Å². The van der Waals surface area contributed by atoms with Crippen LogP contribution in [-0.4, -0.2) is 27.3 Å². The van der Waals surface area contributed by atoms with Crippen LogP contribution in [0.1, 0.15) is 5.56 Å². The highest BCUT2D eigenvalue weighted by Gasteiger charge is 2.15. The van der Waals surface area contributed by atoms with Crippen LogP contribution < -0.4 is 10.3 Å². The number of halogens is 1. The highest BCUT2D eigenvalue weighted by atomic mass is 35.5. The minimum atomic E-state index is -0.995. The third kappa shape index (κ3) is 4.54. The molecule has 1 heterocycles. The molecule has 0 amide bonds. The lowest BCUT2D eigenvalue weighted by molar-refractivity contribution is -0.386. The maximum Gasteiger partial charge on any atom is 0.288 e. The fourth-order valence-electron chi connectivity index (χ4n) is 1.99. The molecule has 0 spiro atoms. The summed E-state index contributed by atoms with van der Waals surface area (Å²) in [5.74, 6) is 0.524. The number of hydrogen-bond donors (Lipinski definition) is 1. The number of aryl methyl sites for hydroxylation is 1. The summed E-state index contributed by atoms with van der Waals surface area (Å²) in [6.45, 7) is 1.33. The zero-order valence-electron chi connectivity index (χ0n) is 12.3. The summed E-state index contributed by atoms with van der Waals surface area (Å²) >= 11 is 5.75. The number of nitrogens with zero attached hydrogens (tertiary/aromatic N) is 2. The second-order valence-corrected chi connectivity index (χ2v) is 5.44. The Morgan fingerprint density at radius 3 is 2.65 bits per heavy atom. The Bertz CT molecular complexity index is 757. The second-order valence-electron chi connectivity index (χ2n) is 5.01. The summed E-state index contributed by atoms with van der Waals surface area (Å²) < 4.78 is 6.48. The molecule has 0 radical (unpaired) electrons. The lowest BCUT2D eigenvalue weighted by Crippen LogP contribution is -2.30. The third-order valence-electron chi connectivity index (χ3n) is 3.17. The van der Waals surface area contributed by atoms with Crippen molar-refractivity contribution in [1.29, 1.82) is 0 Å². The minimum absolute atomic E-state index is 0.0598. The Labute approximate surface area is 136 Å². The normalized spacial score (nSPS) is 12.0. The molecule has 1 aromatic carbocycles. The molecule has 7 nitrogen and oxygen atoms in total. The van der Waals surface area contributed by atoms with Crippen LogP contribution in [0.5, 0.6) is 5.75 Å². The van der Waals surface area contributed by atoms with Crippen molar-refractivity contribution in [3.8, 4) is 5.75 Å². The molecule has 0 aliphatic carbocycles. The number of rotatable bonds is 6.